The lowest BCUT2D eigenvalue weighted by Gasteiger charge is -2.23. The number of nitrogens with zero attached hydrogens (tertiary/aromatic N) is 1. The van der Waals surface area contributed by atoms with Gasteiger partial charge in [-0.05, 0) is 37.0 Å². The first-order valence-corrected chi connectivity index (χ1v) is 6.26. The van der Waals surface area contributed by atoms with E-state index in [1.165, 1.54) is 24.1 Å². The van der Waals surface area contributed by atoms with Crippen molar-refractivity contribution in [1.29, 1.82) is 0 Å². The number of hydrogen-bond acceptors (Lipinski definition) is 2. The molecule has 0 aromatic heterocycles. The van der Waals surface area contributed by atoms with Crippen LogP contribution in [-0.2, 0) is 6.42 Å². The third-order valence-electron chi connectivity index (χ3n) is 2.69. The van der Waals surface area contributed by atoms with Gasteiger partial charge in [0.1, 0.15) is 0 Å². The minimum Gasteiger partial charge on any atom is -0.396 e. The molecule has 0 saturated heterocycles. The zero-order valence-electron chi connectivity index (χ0n) is 10.4. The van der Waals surface area contributed by atoms with Gasteiger partial charge in [-0.1, -0.05) is 26.0 Å². The highest BCUT2D eigenvalue weighted by Gasteiger charge is 2.03. The molecule has 0 aliphatic rings. The van der Waals surface area contributed by atoms with E-state index in [9.17, 15) is 0 Å². The van der Waals surface area contributed by atoms with E-state index in [0.29, 0.717) is 0 Å². The van der Waals surface area contributed by atoms with Crippen molar-refractivity contribution in [3.8, 4) is 0 Å². The third kappa shape index (κ3) is 3.86. The van der Waals surface area contributed by atoms with Crippen LogP contribution in [0.4, 0.5) is 5.69 Å². The number of rotatable bonds is 7. The van der Waals surface area contributed by atoms with Gasteiger partial charge < -0.3 is 10.0 Å². The zero-order valence-corrected chi connectivity index (χ0v) is 10.4. The first-order chi connectivity index (χ1) is 7.81. The molecule has 0 amide bonds. The fraction of sp³-hybridized carbons (Fsp3) is 0.571. The molecule has 0 unspecified atom stereocenters. The van der Waals surface area contributed by atoms with Gasteiger partial charge in [0.15, 0.2) is 0 Å². The highest BCUT2D eigenvalue weighted by molar-refractivity contribution is 5.47. The van der Waals surface area contributed by atoms with Crippen molar-refractivity contribution in [3.63, 3.8) is 0 Å². The summed E-state index contributed by atoms with van der Waals surface area (Å²) in [4.78, 5) is 2.42. The van der Waals surface area contributed by atoms with Gasteiger partial charge in [0.2, 0.25) is 0 Å². The van der Waals surface area contributed by atoms with E-state index in [0.717, 1.165) is 19.5 Å². The normalized spacial score (nSPS) is 10.4. The largest absolute Gasteiger partial charge is 0.396 e. The standard InChI is InChI=1S/C14H23NO/c1-3-10-15(11-4-2)14-7-5-13(6-8-14)9-12-16/h5-8,16H,3-4,9-12H2,1-2H3. The first kappa shape index (κ1) is 13.0. The minimum atomic E-state index is 0.229. The molecule has 1 aromatic carbocycles. The number of hydrogen-bond donors (Lipinski definition) is 1. The fourth-order valence-electron chi connectivity index (χ4n) is 1.91. The van der Waals surface area contributed by atoms with Gasteiger partial charge in [-0.3, -0.25) is 0 Å². The smallest absolute Gasteiger partial charge is 0.0471 e. The van der Waals surface area contributed by atoms with E-state index >= 15 is 0 Å². The van der Waals surface area contributed by atoms with Crippen LogP contribution < -0.4 is 4.90 Å². The molecule has 90 valence electrons. The Kier molecular flexibility index (Phi) is 5.94. The Balaban J connectivity index is 2.68. The molecule has 0 fully saturated rings. The summed E-state index contributed by atoms with van der Waals surface area (Å²) >= 11 is 0. The maximum atomic E-state index is 8.86. The van der Waals surface area contributed by atoms with Crippen LogP contribution in [0.15, 0.2) is 24.3 Å². The van der Waals surface area contributed by atoms with E-state index in [2.05, 4.69) is 43.0 Å². The summed E-state index contributed by atoms with van der Waals surface area (Å²) in [6.45, 7) is 6.89. The summed E-state index contributed by atoms with van der Waals surface area (Å²) in [6.07, 6.45) is 3.11. The molecule has 0 aliphatic carbocycles. The van der Waals surface area contributed by atoms with Gasteiger partial charge in [0.05, 0.1) is 0 Å². The highest BCUT2D eigenvalue weighted by Crippen LogP contribution is 2.16. The lowest BCUT2D eigenvalue weighted by atomic mass is 10.1. The Morgan fingerprint density at radius 1 is 1.00 bits per heavy atom. The summed E-state index contributed by atoms with van der Waals surface area (Å²) < 4.78 is 0. The van der Waals surface area contributed by atoms with Crippen molar-refractivity contribution in [3.05, 3.63) is 29.8 Å². The lowest BCUT2D eigenvalue weighted by Crippen LogP contribution is -2.24. The van der Waals surface area contributed by atoms with Crippen LogP contribution in [0.5, 0.6) is 0 Å². The van der Waals surface area contributed by atoms with Crippen LogP contribution in [0.2, 0.25) is 0 Å². The van der Waals surface area contributed by atoms with E-state index in [1.807, 2.05) is 0 Å². The van der Waals surface area contributed by atoms with Gasteiger partial charge >= 0.3 is 0 Å². The van der Waals surface area contributed by atoms with E-state index in [-0.39, 0.29) is 6.61 Å². The second-order valence-electron chi connectivity index (χ2n) is 4.13. The predicted octanol–water partition coefficient (Wildman–Crippen LogP) is 2.85. The summed E-state index contributed by atoms with van der Waals surface area (Å²) in [5, 5.41) is 8.86. The number of anilines is 1. The maximum Gasteiger partial charge on any atom is 0.0471 e. The first-order valence-electron chi connectivity index (χ1n) is 6.26. The molecular weight excluding hydrogens is 198 g/mol. The second kappa shape index (κ2) is 7.29. The third-order valence-corrected chi connectivity index (χ3v) is 2.69. The Morgan fingerprint density at radius 3 is 2.00 bits per heavy atom. The van der Waals surface area contributed by atoms with Crippen LogP contribution >= 0.6 is 0 Å². The lowest BCUT2D eigenvalue weighted by molar-refractivity contribution is 0.299. The van der Waals surface area contributed by atoms with Gasteiger partial charge in [0.25, 0.3) is 0 Å². The minimum absolute atomic E-state index is 0.229. The zero-order chi connectivity index (χ0) is 11.8. The molecule has 16 heavy (non-hydrogen) atoms. The van der Waals surface area contributed by atoms with Crippen LogP contribution in [0.3, 0.4) is 0 Å². The monoisotopic (exact) mass is 221 g/mol. The molecule has 1 N–H and O–H groups in total. The number of aliphatic hydroxyl groups is 1. The Labute approximate surface area is 98.9 Å². The Morgan fingerprint density at radius 2 is 1.56 bits per heavy atom. The van der Waals surface area contributed by atoms with Gasteiger partial charge in [-0.15, -0.1) is 0 Å². The van der Waals surface area contributed by atoms with Crippen molar-refractivity contribution in [2.45, 2.75) is 33.1 Å². The molecule has 0 aliphatic heterocycles. The summed E-state index contributed by atoms with van der Waals surface area (Å²) in [5.74, 6) is 0. The maximum absolute atomic E-state index is 8.86. The summed E-state index contributed by atoms with van der Waals surface area (Å²) in [7, 11) is 0. The van der Waals surface area contributed by atoms with Crippen molar-refractivity contribution < 1.29 is 5.11 Å². The molecule has 0 spiro atoms. The van der Waals surface area contributed by atoms with E-state index in [1.54, 1.807) is 0 Å². The van der Waals surface area contributed by atoms with Crippen molar-refractivity contribution in [2.75, 3.05) is 24.6 Å². The summed E-state index contributed by atoms with van der Waals surface area (Å²) in [5.41, 5.74) is 2.50. The van der Waals surface area contributed by atoms with Crippen LogP contribution in [0.25, 0.3) is 0 Å². The molecule has 2 heteroatoms. The predicted molar refractivity (Wildman–Crippen MR) is 70.0 cm³/mol. The molecule has 0 radical (unpaired) electrons. The van der Waals surface area contributed by atoms with E-state index < -0.39 is 0 Å². The van der Waals surface area contributed by atoms with Crippen molar-refractivity contribution in [2.24, 2.45) is 0 Å². The van der Waals surface area contributed by atoms with Crippen LogP contribution in [0, 0.1) is 0 Å². The fourth-order valence-corrected chi connectivity index (χ4v) is 1.91. The number of benzene rings is 1. The second-order valence-corrected chi connectivity index (χ2v) is 4.13. The van der Waals surface area contributed by atoms with Crippen LogP contribution in [-0.4, -0.2) is 24.8 Å². The molecule has 0 heterocycles. The molecule has 1 aromatic rings. The van der Waals surface area contributed by atoms with Crippen molar-refractivity contribution >= 4 is 5.69 Å². The quantitative estimate of drug-likeness (QED) is 0.765. The molecule has 0 atom stereocenters. The molecule has 0 saturated carbocycles. The topological polar surface area (TPSA) is 23.5 Å². The van der Waals surface area contributed by atoms with E-state index in [4.69, 9.17) is 5.11 Å². The highest BCUT2D eigenvalue weighted by atomic mass is 16.2. The molecule has 1 rings (SSSR count). The van der Waals surface area contributed by atoms with Crippen molar-refractivity contribution in [1.82, 2.24) is 0 Å². The summed E-state index contributed by atoms with van der Waals surface area (Å²) in [6, 6.07) is 8.56. The SMILES string of the molecule is CCCN(CCC)c1ccc(CCO)cc1. The Bertz CT molecular complexity index is 275. The van der Waals surface area contributed by atoms with Crippen LogP contribution in [0.1, 0.15) is 32.3 Å². The molecule has 2 nitrogen and oxygen atoms in total. The molecule has 0 bridgehead atoms. The van der Waals surface area contributed by atoms with Gasteiger partial charge in [-0.25, -0.2) is 0 Å². The molecular formula is C14H23NO. The van der Waals surface area contributed by atoms with Gasteiger partial charge in [0, 0.05) is 25.4 Å². The average Bonchev–Trinajstić information content (AvgIpc) is 2.30. The Hall–Kier alpha value is -1.02. The average molecular weight is 221 g/mol. The number of aliphatic hydroxyl groups excluding tert-OH is 1. The van der Waals surface area contributed by atoms with Gasteiger partial charge in [-0.2, -0.15) is 0 Å².